The maximum atomic E-state index is 7.78. The molecular weight excluding hydrogens is 258 g/mol. The quantitative estimate of drug-likeness (QED) is 0.512. The summed E-state index contributed by atoms with van der Waals surface area (Å²) in [5.74, 6) is 0.360. The molecule has 0 heterocycles. The van der Waals surface area contributed by atoms with E-state index in [1.807, 2.05) is 0 Å². The summed E-state index contributed by atoms with van der Waals surface area (Å²) in [4.78, 5) is 2.33. The number of hydrogen-bond donors (Lipinski definition) is 3. The van der Waals surface area contributed by atoms with Crippen molar-refractivity contribution in [3.05, 3.63) is 0 Å². The first-order valence-electron chi connectivity index (χ1n) is 7.00. The third-order valence-corrected chi connectivity index (χ3v) is 3.72. The van der Waals surface area contributed by atoms with Crippen molar-refractivity contribution in [1.29, 1.82) is 5.41 Å². The van der Waals surface area contributed by atoms with E-state index in [-0.39, 0.29) is 0 Å². The Morgan fingerprint density at radius 2 is 2.16 bits per heavy atom. The van der Waals surface area contributed by atoms with Crippen LogP contribution in [0, 0.1) is 11.3 Å². The van der Waals surface area contributed by atoms with Gasteiger partial charge < -0.3 is 15.6 Å². The van der Waals surface area contributed by atoms with Gasteiger partial charge in [0.2, 0.25) is 0 Å². The molecule has 0 bridgehead atoms. The van der Waals surface area contributed by atoms with E-state index in [1.54, 1.807) is 0 Å². The molecule has 1 unspecified atom stereocenters. The van der Waals surface area contributed by atoms with Crippen LogP contribution in [0.15, 0.2) is 5.10 Å². The predicted molar refractivity (Wildman–Crippen MR) is 85.1 cm³/mol. The van der Waals surface area contributed by atoms with Crippen LogP contribution in [-0.2, 0) is 0 Å². The first kappa shape index (κ1) is 16.0. The minimum Gasteiger partial charge on any atom is -0.360 e. The average Bonchev–Trinajstić information content (AvgIpc) is 2.72. The maximum absolute atomic E-state index is 7.78. The normalized spacial score (nSPS) is 21.2. The van der Waals surface area contributed by atoms with Gasteiger partial charge in [-0.1, -0.05) is 20.8 Å². The lowest BCUT2D eigenvalue weighted by Gasteiger charge is -2.18. The lowest BCUT2D eigenvalue weighted by Crippen LogP contribution is -2.39. The number of rotatable bonds is 6. The van der Waals surface area contributed by atoms with Gasteiger partial charge in [-0.05, 0) is 38.1 Å². The van der Waals surface area contributed by atoms with Gasteiger partial charge in [-0.15, -0.1) is 0 Å². The summed E-state index contributed by atoms with van der Waals surface area (Å²) in [7, 11) is 0. The number of hydrogen-bond acceptors (Lipinski definition) is 4. The molecule has 0 radical (unpaired) electrons. The lowest BCUT2D eigenvalue weighted by molar-refractivity contribution is 0.308. The summed E-state index contributed by atoms with van der Waals surface area (Å²) < 4.78 is 0. The smallest absolute Gasteiger partial charge is 0.187 e. The fourth-order valence-corrected chi connectivity index (χ4v) is 2.27. The molecule has 0 aromatic rings. The van der Waals surface area contributed by atoms with Gasteiger partial charge in [-0.2, -0.15) is 5.10 Å². The first-order valence-corrected chi connectivity index (χ1v) is 7.40. The number of nitrogens with zero attached hydrogens (tertiary/aromatic N) is 2. The highest BCUT2D eigenvalue weighted by atomic mass is 32.1. The molecule has 1 saturated carbocycles. The van der Waals surface area contributed by atoms with Crippen LogP contribution < -0.4 is 10.7 Å². The highest BCUT2D eigenvalue weighted by Crippen LogP contribution is 2.18. The highest BCUT2D eigenvalue weighted by Gasteiger charge is 2.23. The SMILES string of the molecule is CCN(CC)CCNC(=S)N/N=C1/C(=N)CCC1C. The van der Waals surface area contributed by atoms with E-state index in [0.29, 0.717) is 16.7 Å². The second-order valence-corrected chi connectivity index (χ2v) is 5.22. The summed E-state index contributed by atoms with van der Waals surface area (Å²) >= 11 is 5.17. The molecule has 108 valence electrons. The molecule has 1 rings (SSSR count). The van der Waals surface area contributed by atoms with Crippen LogP contribution in [0.2, 0.25) is 0 Å². The van der Waals surface area contributed by atoms with Crippen molar-refractivity contribution >= 4 is 28.8 Å². The van der Waals surface area contributed by atoms with Gasteiger partial charge in [-0.3, -0.25) is 5.43 Å². The third-order valence-electron chi connectivity index (χ3n) is 3.49. The van der Waals surface area contributed by atoms with Crippen molar-refractivity contribution in [3.8, 4) is 0 Å². The molecular formula is C13H25N5S. The first-order chi connectivity index (χ1) is 9.08. The van der Waals surface area contributed by atoms with E-state index in [4.69, 9.17) is 17.6 Å². The Labute approximate surface area is 121 Å². The summed E-state index contributed by atoms with van der Waals surface area (Å²) in [5.41, 5.74) is 4.32. The van der Waals surface area contributed by atoms with Crippen LogP contribution in [0.4, 0.5) is 0 Å². The van der Waals surface area contributed by atoms with Crippen molar-refractivity contribution in [2.75, 3.05) is 26.2 Å². The van der Waals surface area contributed by atoms with Gasteiger partial charge in [0.25, 0.3) is 0 Å². The Balaban J connectivity index is 2.28. The molecule has 0 aliphatic heterocycles. The molecule has 0 saturated heterocycles. The molecule has 6 heteroatoms. The highest BCUT2D eigenvalue weighted by molar-refractivity contribution is 7.80. The Bertz CT molecular complexity index is 349. The standard InChI is InChI=1S/C13H25N5S/c1-4-18(5-2)9-8-15-13(19)17-16-12-10(3)6-7-11(12)14/h10,14H,4-9H2,1-3H3,(H2,15,17,19)/b14-11?,16-12+. The fraction of sp³-hybridized carbons (Fsp3) is 0.769. The number of thiocarbonyl (C=S) groups is 1. The van der Waals surface area contributed by atoms with Crippen LogP contribution in [0.3, 0.4) is 0 Å². The van der Waals surface area contributed by atoms with Crippen molar-refractivity contribution in [3.63, 3.8) is 0 Å². The monoisotopic (exact) mass is 283 g/mol. The lowest BCUT2D eigenvalue weighted by atomic mass is 10.1. The molecule has 0 aromatic heterocycles. The topological polar surface area (TPSA) is 63.5 Å². The molecule has 0 aromatic carbocycles. The zero-order valence-electron chi connectivity index (χ0n) is 12.1. The van der Waals surface area contributed by atoms with Crippen molar-refractivity contribution in [2.45, 2.75) is 33.6 Å². The van der Waals surface area contributed by atoms with Crippen LogP contribution in [0.1, 0.15) is 33.6 Å². The molecule has 1 fully saturated rings. The van der Waals surface area contributed by atoms with Crippen molar-refractivity contribution in [1.82, 2.24) is 15.6 Å². The second kappa shape index (κ2) is 8.22. The van der Waals surface area contributed by atoms with E-state index in [9.17, 15) is 0 Å². The summed E-state index contributed by atoms with van der Waals surface area (Å²) in [6, 6.07) is 0. The van der Waals surface area contributed by atoms with Gasteiger partial charge in [-0.25, -0.2) is 0 Å². The Morgan fingerprint density at radius 3 is 2.68 bits per heavy atom. The van der Waals surface area contributed by atoms with Gasteiger partial charge in [0.1, 0.15) is 0 Å². The average molecular weight is 283 g/mol. The van der Waals surface area contributed by atoms with Crippen molar-refractivity contribution < 1.29 is 0 Å². The van der Waals surface area contributed by atoms with E-state index in [2.05, 4.69) is 41.5 Å². The number of nitrogens with one attached hydrogen (secondary N) is 3. The molecule has 3 N–H and O–H groups in total. The molecule has 19 heavy (non-hydrogen) atoms. The summed E-state index contributed by atoms with van der Waals surface area (Å²) in [6.07, 6.45) is 1.84. The van der Waals surface area contributed by atoms with Gasteiger partial charge >= 0.3 is 0 Å². The molecule has 0 spiro atoms. The van der Waals surface area contributed by atoms with E-state index >= 15 is 0 Å². The minimum absolute atomic E-state index is 0.360. The molecule has 1 aliphatic rings. The molecule has 5 nitrogen and oxygen atoms in total. The van der Waals surface area contributed by atoms with E-state index in [0.717, 1.165) is 44.7 Å². The van der Waals surface area contributed by atoms with E-state index < -0.39 is 0 Å². The van der Waals surface area contributed by atoms with Gasteiger partial charge in [0.15, 0.2) is 5.11 Å². The van der Waals surface area contributed by atoms with Crippen LogP contribution in [-0.4, -0.2) is 47.6 Å². The largest absolute Gasteiger partial charge is 0.360 e. The Kier molecular flexibility index (Phi) is 6.94. The summed E-state index contributed by atoms with van der Waals surface area (Å²) in [5, 5.41) is 15.7. The molecule has 1 aliphatic carbocycles. The zero-order chi connectivity index (χ0) is 14.3. The van der Waals surface area contributed by atoms with Gasteiger partial charge in [0, 0.05) is 19.0 Å². The van der Waals surface area contributed by atoms with Crippen LogP contribution in [0.5, 0.6) is 0 Å². The van der Waals surface area contributed by atoms with Crippen molar-refractivity contribution in [2.24, 2.45) is 11.0 Å². The van der Waals surface area contributed by atoms with Crippen LogP contribution >= 0.6 is 12.2 Å². The number of hydrazone groups is 1. The second-order valence-electron chi connectivity index (χ2n) is 4.81. The predicted octanol–water partition coefficient (Wildman–Crippen LogP) is 1.60. The van der Waals surface area contributed by atoms with Crippen LogP contribution in [0.25, 0.3) is 0 Å². The minimum atomic E-state index is 0.360. The summed E-state index contributed by atoms with van der Waals surface area (Å²) in [6.45, 7) is 10.3. The Hall–Kier alpha value is -1.01. The fourth-order valence-electron chi connectivity index (χ4n) is 2.12. The van der Waals surface area contributed by atoms with Gasteiger partial charge in [0.05, 0.1) is 11.4 Å². The molecule has 0 amide bonds. The number of likely N-dealkylation sites (N-methyl/N-ethyl adjacent to an activating group) is 1. The van der Waals surface area contributed by atoms with E-state index in [1.165, 1.54) is 0 Å². The zero-order valence-corrected chi connectivity index (χ0v) is 12.9. The molecule has 1 atom stereocenters. The maximum Gasteiger partial charge on any atom is 0.187 e. The Morgan fingerprint density at radius 1 is 1.47 bits per heavy atom. The third kappa shape index (κ3) is 5.24.